The highest BCUT2D eigenvalue weighted by Crippen LogP contribution is 2.20. The Morgan fingerprint density at radius 3 is 3.00 bits per heavy atom. The molecule has 96 valence electrons. The van der Waals surface area contributed by atoms with E-state index in [0.29, 0.717) is 11.3 Å². The highest BCUT2D eigenvalue weighted by atomic mass is 16.3. The Morgan fingerprint density at radius 1 is 1.50 bits per heavy atom. The number of benzene rings is 1. The van der Waals surface area contributed by atoms with E-state index in [0.717, 1.165) is 10.9 Å². The van der Waals surface area contributed by atoms with Gasteiger partial charge in [0, 0.05) is 29.3 Å². The van der Waals surface area contributed by atoms with Gasteiger partial charge in [-0.25, -0.2) is 0 Å². The summed E-state index contributed by atoms with van der Waals surface area (Å²) >= 11 is 0. The summed E-state index contributed by atoms with van der Waals surface area (Å²) in [6, 6.07) is 5.25. The Balaban J connectivity index is 2.20. The third kappa shape index (κ3) is 2.44. The molecule has 0 aliphatic carbocycles. The molecule has 2 aromatic rings. The highest BCUT2D eigenvalue weighted by molar-refractivity contribution is 6.07. The maximum atomic E-state index is 11.9. The number of hydrogen-bond donors (Lipinski definition) is 5. The summed E-state index contributed by atoms with van der Waals surface area (Å²) in [5.41, 5.74) is 7.53. The fourth-order valence-corrected chi connectivity index (χ4v) is 1.70. The zero-order chi connectivity index (χ0) is 13.1. The molecule has 6 nitrogen and oxygen atoms in total. The molecule has 0 aliphatic rings. The third-order valence-electron chi connectivity index (χ3n) is 2.66. The van der Waals surface area contributed by atoms with Crippen LogP contribution in [0.4, 0.5) is 5.69 Å². The van der Waals surface area contributed by atoms with Gasteiger partial charge in [0.05, 0.1) is 18.3 Å². The summed E-state index contributed by atoms with van der Waals surface area (Å²) < 4.78 is 0. The first-order valence-corrected chi connectivity index (χ1v) is 5.55. The van der Waals surface area contributed by atoms with Crippen LogP contribution in [0.1, 0.15) is 10.4 Å². The fourth-order valence-electron chi connectivity index (χ4n) is 1.70. The van der Waals surface area contributed by atoms with E-state index < -0.39 is 6.10 Å². The minimum Gasteiger partial charge on any atom is -0.399 e. The molecule has 0 bridgehead atoms. The van der Waals surface area contributed by atoms with Crippen molar-refractivity contribution in [3.05, 3.63) is 30.0 Å². The largest absolute Gasteiger partial charge is 0.399 e. The monoisotopic (exact) mass is 249 g/mol. The van der Waals surface area contributed by atoms with Gasteiger partial charge in [-0.3, -0.25) is 4.79 Å². The summed E-state index contributed by atoms with van der Waals surface area (Å²) in [6.07, 6.45) is 0.634. The van der Waals surface area contributed by atoms with E-state index in [4.69, 9.17) is 15.9 Å². The molecule has 0 saturated heterocycles. The minimum atomic E-state index is -0.954. The van der Waals surface area contributed by atoms with E-state index in [1.807, 2.05) is 0 Å². The Hall–Kier alpha value is -2.05. The van der Waals surface area contributed by atoms with Crippen LogP contribution in [0.15, 0.2) is 24.4 Å². The maximum absolute atomic E-state index is 11.9. The van der Waals surface area contributed by atoms with Crippen LogP contribution in [0, 0.1) is 0 Å². The Bertz CT molecular complexity index is 565. The molecule has 1 heterocycles. The lowest BCUT2D eigenvalue weighted by Gasteiger charge is -2.08. The smallest absolute Gasteiger partial charge is 0.253 e. The predicted octanol–water partition coefficient (Wildman–Crippen LogP) is -0.167. The summed E-state index contributed by atoms with van der Waals surface area (Å²) in [5, 5.41) is 21.1. The van der Waals surface area contributed by atoms with Gasteiger partial charge in [-0.15, -0.1) is 0 Å². The van der Waals surface area contributed by atoms with Crippen LogP contribution in [-0.2, 0) is 0 Å². The first-order valence-electron chi connectivity index (χ1n) is 5.55. The first-order chi connectivity index (χ1) is 8.61. The van der Waals surface area contributed by atoms with Gasteiger partial charge in [0.15, 0.2) is 0 Å². The van der Waals surface area contributed by atoms with Crippen molar-refractivity contribution >= 4 is 22.5 Å². The number of aliphatic hydroxyl groups excluding tert-OH is 2. The fraction of sp³-hybridized carbons (Fsp3) is 0.250. The van der Waals surface area contributed by atoms with Crippen molar-refractivity contribution in [2.45, 2.75) is 6.10 Å². The number of rotatable bonds is 4. The maximum Gasteiger partial charge on any atom is 0.253 e. The number of carbonyl (C=O) groups is 1. The second-order valence-corrected chi connectivity index (χ2v) is 4.05. The number of aromatic nitrogens is 1. The number of carbonyl (C=O) groups excluding carboxylic acids is 1. The molecule has 0 fully saturated rings. The Kier molecular flexibility index (Phi) is 3.50. The number of hydrogen-bond acceptors (Lipinski definition) is 4. The van der Waals surface area contributed by atoms with E-state index in [1.165, 1.54) is 0 Å². The van der Waals surface area contributed by atoms with Crippen molar-refractivity contribution < 1.29 is 15.0 Å². The Morgan fingerprint density at radius 2 is 2.28 bits per heavy atom. The van der Waals surface area contributed by atoms with Gasteiger partial charge >= 0.3 is 0 Å². The number of amides is 1. The van der Waals surface area contributed by atoms with Crippen molar-refractivity contribution in [2.24, 2.45) is 0 Å². The highest BCUT2D eigenvalue weighted by Gasteiger charge is 2.13. The Labute approximate surface area is 103 Å². The van der Waals surface area contributed by atoms with Crippen LogP contribution in [0.5, 0.6) is 0 Å². The predicted molar refractivity (Wildman–Crippen MR) is 68.1 cm³/mol. The molecule has 1 aromatic carbocycles. The number of nitrogen functional groups attached to an aromatic ring is 1. The molecule has 1 atom stereocenters. The summed E-state index contributed by atoms with van der Waals surface area (Å²) in [7, 11) is 0. The lowest BCUT2D eigenvalue weighted by molar-refractivity contribution is 0.0803. The van der Waals surface area contributed by atoms with E-state index in [9.17, 15) is 4.79 Å². The molecule has 2 rings (SSSR count). The zero-order valence-corrected chi connectivity index (χ0v) is 9.68. The summed E-state index contributed by atoms with van der Waals surface area (Å²) in [6.45, 7) is -0.383. The van der Waals surface area contributed by atoms with E-state index in [-0.39, 0.29) is 19.1 Å². The second-order valence-electron chi connectivity index (χ2n) is 4.05. The van der Waals surface area contributed by atoms with Crippen molar-refractivity contribution in [3.8, 4) is 0 Å². The van der Waals surface area contributed by atoms with Gasteiger partial charge in [-0.05, 0) is 18.2 Å². The summed E-state index contributed by atoms with van der Waals surface area (Å²) in [5.74, 6) is -0.320. The van der Waals surface area contributed by atoms with Gasteiger partial charge in [-0.2, -0.15) is 0 Å². The van der Waals surface area contributed by atoms with E-state index in [2.05, 4.69) is 10.3 Å². The molecule has 6 heteroatoms. The van der Waals surface area contributed by atoms with Gasteiger partial charge in [0.1, 0.15) is 0 Å². The van der Waals surface area contributed by atoms with Crippen LogP contribution >= 0.6 is 0 Å². The number of aromatic amines is 1. The van der Waals surface area contributed by atoms with E-state index >= 15 is 0 Å². The lowest BCUT2D eigenvalue weighted by Crippen LogP contribution is -2.33. The molecule has 6 N–H and O–H groups in total. The van der Waals surface area contributed by atoms with E-state index in [1.54, 1.807) is 24.4 Å². The molecule has 0 radical (unpaired) electrons. The zero-order valence-electron chi connectivity index (χ0n) is 9.68. The minimum absolute atomic E-state index is 0.00429. The van der Waals surface area contributed by atoms with Crippen LogP contribution in [-0.4, -0.2) is 40.4 Å². The van der Waals surface area contributed by atoms with Gasteiger partial charge in [0.25, 0.3) is 5.91 Å². The van der Waals surface area contributed by atoms with Gasteiger partial charge in [-0.1, -0.05) is 0 Å². The number of fused-ring (bicyclic) bond motifs is 1. The average Bonchev–Trinajstić information content (AvgIpc) is 2.78. The molecule has 0 aliphatic heterocycles. The third-order valence-corrected chi connectivity index (χ3v) is 2.66. The van der Waals surface area contributed by atoms with Crippen molar-refractivity contribution in [1.82, 2.24) is 10.3 Å². The molecule has 1 amide bonds. The van der Waals surface area contributed by atoms with Crippen LogP contribution in [0.2, 0.25) is 0 Å². The first kappa shape index (κ1) is 12.4. The van der Waals surface area contributed by atoms with Crippen molar-refractivity contribution in [2.75, 3.05) is 18.9 Å². The molecule has 0 saturated carbocycles. The normalized spacial score (nSPS) is 12.6. The second kappa shape index (κ2) is 5.07. The number of anilines is 1. The number of nitrogens with one attached hydrogen (secondary N) is 2. The quantitative estimate of drug-likeness (QED) is 0.484. The molecular formula is C12H15N3O3. The van der Waals surface area contributed by atoms with Crippen molar-refractivity contribution in [1.29, 1.82) is 0 Å². The number of nitrogens with two attached hydrogens (primary N) is 1. The SMILES string of the molecule is Nc1ccc2[nH]cc(C(=O)NCC(O)CO)c2c1. The standard InChI is InChI=1S/C12H15N3O3/c13-7-1-2-11-9(3-7)10(5-14-11)12(18)15-4-8(17)6-16/h1-3,5,8,14,16-17H,4,6,13H2,(H,15,18). The van der Waals surface area contributed by atoms with Gasteiger partial charge in [0.2, 0.25) is 0 Å². The van der Waals surface area contributed by atoms with Gasteiger partial charge < -0.3 is 26.2 Å². The lowest BCUT2D eigenvalue weighted by atomic mass is 10.1. The number of aliphatic hydroxyl groups is 2. The van der Waals surface area contributed by atoms with Crippen LogP contribution in [0.25, 0.3) is 10.9 Å². The summed E-state index contributed by atoms with van der Waals surface area (Å²) in [4.78, 5) is 14.9. The number of H-pyrrole nitrogens is 1. The average molecular weight is 249 g/mol. The van der Waals surface area contributed by atoms with Crippen LogP contribution in [0.3, 0.4) is 0 Å². The van der Waals surface area contributed by atoms with Crippen molar-refractivity contribution in [3.63, 3.8) is 0 Å². The molecule has 1 unspecified atom stereocenters. The molecule has 18 heavy (non-hydrogen) atoms. The van der Waals surface area contributed by atoms with Crippen LogP contribution < -0.4 is 11.1 Å². The molecular weight excluding hydrogens is 234 g/mol. The molecule has 1 aromatic heterocycles. The molecule has 0 spiro atoms. The topological polar surface area (TPSA) is 111 Å².